The van der Waals surface area contributed by atoms with E-state index in [9.17, 15) is 4.79 Å². The minimum atomic E-state index is -0.434. The fraction of sp³-hybridized carbons (Fsp3) is 0.273. The summed E-state index contributed by atoms with van der Waals surface area (Å²) in [5.74, 6) is 1.07. The molecule has 0 radical (unpaired) electrons. The van der Waals surface area contributed by atoms with Gasteiger partial charge in [0, 0.05) is 16.3 Å². The molecule has 0 aliphatic carbocycles. The van der Waals surface area contributed by atoms with E-state index in [0.29, 0.717) is 30.5 Å². The zero-order chi connectivity index (χ0) is 20.8. The highest BCUT2D eigenvalue weighted by atomic mass is 35.5. The van der Waals surface area contributed by atoms with E-state index in [-0.39, 0.29) is 5.69 Å². The van der Waals surface area contributed by atoms with Crippen LogP contribution in [-0.2, 0) is 17.9 Å². The molecule has 0 atom stereocenters. The van der Waals surface area contributed by atoms with Gasteiger partial charge in [-0.05, 0) is 55.8 Å². The molecule has 3 rings (SSSR count). The summed E-state index contributed by atoms with van der Waals surface area (Å²) in [7, 11) is 1.64. The maximum absolute atomic E-state index is 11.9. The summed E-state index contributed by atoms with van der Waals surface area (Å²) in [6.45, 7) is 4.79. The Bertz CT molecular complexity index is 983. The zero-order valence-corrected chi connectivity index (χ0v) is 17.4. The third-order valence-electron chi connectivity index (χ3n) is 4.36. The van der Waals surface area contributed by atoms with E-state index in [4.69, 9.17) is 25.8 Å². The van der Waals surface area contributed by atoms with Crippen molar-refractivity contribution in [3.05, 3.63) is 76.1 Å². The standard InChI is InChI=1S/C22H23ClN2O4/c1-4-28-22(26)20-11-15(2)25(24-20)13-17-12-18(23)7-10-21(17)29-14-16-5-8-19(27-3)9-6-16/h5-12H,4,13-14H2,1-3H3. The Labute approximate surface area is 175 Å². The number of aromatic nitrogens is 2. The smallest absolute Gasteiger partial charge is 0.358 e. The average molecular weight is 415 g/mol. The second kappa shape index (κ2) is 9.47. The van der Waals surface area contributed by atoms with Crippen molar-refractivity contribution in [2.75, 3.05) is 13.7 Å². The summed E-state index contributed by atoms with van der Waals surface area (Å²) >= 11 is 6.20. The minimum absolute atomic E-state index is 0.284. The highest BCUT2D eigenvalue weighted by molar-refractivity contribution is 6.30. The molecule has 0 saturated carbocycles. The molecule has 152 valence electrons. The van der Waals surface area contributed by atoms with Gasteiger partial charge in [-0.15, -0.1) is 0 Å². The number of esters is 1. The van der Waals surface area contributed by atoms with Crippen molar-refractivity contribution in [1.29, 1.82) is 0 Å². The average Bonchev–Trinajstić information content (AvgIpc) is 3.08. The van der Waals surface area contributed by atoms with Crippen LogP contribution in [0.5, 0.6) is 11.5 Å². The molecule has 0 unspecified atom stereocenters. The zero-order valence-electron chi connectivity index (χ0n) is 16.6. The van der Waals surface area contributed by atoms with Crippen molar-refractivity contribution in [2.45, 2.75) is 27.0 Å². The normalized spacial score (nSPS) is 10.6. The topological polar surface area (TPSA) is 62.6 Å². The van der Waals surface area contributed by atoms with Gasteiger partial charge in [0.2, 0.25) is 0 Å². The number of halogens is 1. The molecule has 29 heavy (non-hydrogen) atoms. The van der Waals surface area contributed by atoms with Gasteiger partial charge in [0.15, 0.2) is 5.69 Å². The molecule has 3 aromatic rings. The van der Waals surface area contributed by atoms with Crippen LogP contribution in [0.2, 0.25) is 5.02 Å². The van der Waals surface area contributed by atoms with E-state index in [1.165, 1.54) is 0 Å². The number of aryl methyl sites for hydroxylation is 1. The first kappa shape index (κ1) is 20.7. The van der Waals surface area contributed by atoms with Crippen molar-refractivity contribution in [3.63, 3.8) is 0 Å². The lowest BCUT2D eigenvalue weighted by molar-refractivity contribution is 0.0518. The molecule has 6 nitrogen and oxygen atoms in total. The van der Waals surface area contributed by atoms with Gasteiger partial charge in [0.05, 0.1) is 20.3 Å². The van der Waals surface area contributed by atoms with Crippen LogP contribution in [0.15, 0.2) is 48.5 Å². The highest BCUT2D eigenvalue weighted by Crippen LogP contribution is 2.25. The molecule has 0 aliphatic heterocycles. The summed E-state index contributed by atoms with van der Waals surface area (Å²) in [4.78, 5) is 11.9. The lowest BCUT2D eigenvalue weighted by Gasteiger charge is -2.13. The second-order valence-electron chi connectivity index (χ2n) is 6.44. The van der Waals surface area contributed by atoms with Gasteiger partial charge in [-0.25, -0.2) is 4.79 Å². The molecular formula is C22H23ClN2O4. The van der Waals surface area contributed by atoms with Crippen molar-refractivity contribution < 1.29 is 19.0 Å². The van der Waals surface area contributed by atoms with Crippen LogP contribution in [0, 0.1) is 6.92 Å². The van der Waals surface area contributed by atoms with Crippen LogP contribution < -0.4 is 9.47 Å². The van der Waals surface area contributed by atoms with Crippen LogP contribution in [0.25, 0.3) is 0 Å². The highest BCUT2D eigenvalue weighted by Gasteiger charge is 2.15. The molecule has 0 amide bonds. The molecule has 0 N–H and O–H groups in total. The number of ether oxygens (including phenoxy) is 3. The predicted octanol–water partition coefficient (Wildman–Crippen LogP) is 4.66. The van der Waals surface area contributed by atoms with E-state index in [0.717, 1.165) is 22.6 Å². The Hall–Kier alpha value is -2.99. The summed E-state index contributed by atoms with van der Waals surface area (Å²) in [6, 6.07) is 14.9. The molecule has 0 fully saturated rings. The van der Waals surface area contributed by atoms with E-state index >= 15 is 0 Å². The van der Waals surface area contributed by atoms with Crippen LogP contribution in [0.3, 0.4) is 0 Å². The second-order valence-corrected chi connectivity index (χ2v) is 6.87. The third kappa shape index (κ3) is 5.29. The van der Waals surface area contributed by atoms with Crippen molar-refractivity contribution in [2.24, 2.45) is 0 Å². The molecule has 1 aromatic heterocycles. The Morgan fingerprint density at radius 2 is 1.90 bits per heavy atom. The van der Waals surface area contributed by atoms with Gasteiger partial charge in [-0.2, -0.15) is 5.10 Å². The first-order chi connectivity index (χ1) is 14.0. The Balaban J connectivity index is 1.77. The van der Waals surface area contributed by atoms with Crippen molar-refractivity contribution in [1.82, 2.24) is 9.78 Å². The fourth-order valence-corrected chi connectivity index (χ4v) is 3.03. The maximum Gasteiger partial charge on any atom is 0.358 e. The fourth-order valence-electron chi connectivity index (χ4n) is 2.83. The van der Waals surface area contributed by atoms with Crippen molar-refractivity contribution in [3.8, 4) is 11.5 Å². The number of hydrogen-bond acceptors (Lipinski definition) is 5. The first-order valence-electron chi connectivity index (χ1n) is 9.26. The Morgan fingerprint density at radius 1 is 1.14 bits per heavy atom. The van der Waals surface area contributed by atoms with E-state index in [1.54, 1.807) is 30.8 Å². The van der Waals surface area contributed by atoms with E-state index < -0.39 is 5.97 Å². The number of carbonyl (C=O) groups is 1. The number of nitrogens with zero attached hydrogens (tertiary/aromatic N) is 2. The molecule has 1 heterocycles. The number of methoxy groups -OCH3 is 1. The summed E-state index contributed by atoms with van der Waals surface area (Å²) in [5, 5.41) is 4.97. The van der Waals surface area contributed by atoms with Gasteiger partial charge >= 0.3 is 5.97 Å². The monoisotopic (exact) mass is 414 g/mol. The largest absolute Gasteiger partial charge is 0.497 e. The SMILES string of the molecule is CCOC(=O)c1cc(C)n(Cc2cc(Cl)ccc2OCc2ccc(OC)cc2)n1. The van der Waals surface area contributed by atoms with Crippen LogP contribution in [-0.4, -0.2) is 29.5 Å². The minimum Gasteiger partial charge on any atom is -0.497 e. The molecular weight excluding hydrogens is 392 g/mol. The summed E-state index contributed by atoms with van der Waals surface area (Å²) in [5.41, 5.74) is 3.01. The lowest BCUT2D eigenvalue weighted by atomic mass is 10.2. The summed E-state index contributed by atoms with van der Waals surface area (Å²) < 4.78 is 18.0. The maximum atomic E-state index is 11.9. The number of benzene rings is 2. The van der Waals surface area contributed by atoms with E-state index in [2.05, 4.69) is 5.10 Å². The molecule has 2 aromatic carbocycles. The van der Waals surface area contributed by atoms with Crippen LogP contribution >= 0.6 is 11.6 Å². The van der Waals surface area contributed by atoms with Gasteiger partial charge in [0.25, 0.3) is 0 Å². The molecule has 7 heteroatoms. The predicted molar refractivity (Wildman–Crippen MR) is 111 cm³/mol. The van der Waals surface area contributed by atoms with Gasteiger partial charge in [0.1, 0.15) is 18.1 Å². The van der Waals surface area contributed by atoms with Crippen LogP contribution in [0.1, 0.15) is 34.2 Å². The lowest BCUT2D eigenvalue weighted by Crippen LogP contribution is -2.09. The Kier molecular flexibility index (Phi) is 6.77. The molecule has 0 aliphatic rings. The Morgan fingerprint density at radius 3 is 2.59 bits per heavy atom. The quantitative estimate of drug-likeness (QED) is 0.502. The summed E-state index contributed by atoms with van der Waals surface area (Å²) in [6.07, 6.45) is 0. The number of rotatable bonds is 8. The van der Waals surface area contributed by atoms with Crippen LogP contribution in [0.4, 0.5) is 0 Å². The van der Waals surface area contributed by atoms with E-state index in [1.807, 2.05) is 43.3 Å². The van der Waals surface area contributed by atoms with Gasteiger partial charge < -0.3 is 14.2 Å². The van der Waals surface area contributed by atoms with Crippen molar-refractivity contribution >= 4 is 17.6 Å². The number of hydrogen-bond donors (Lipinski definition) is 0. The van der Waals surface area contributed by atoms with Gasteiger partial charge in [-0.1, -0.05) is 23.7 Å². The van der Waals surface area contributed by atoms with Gasteiger partial charge in [-0.3, -0.25) is 4.68 Å². The number of carbonyl (C=O) groups excluding carboxylic acids is 1. The molecule has 0 saturated heterocycles. The first-order valence-corrected chi connectivity index (χ1v) is 9.63. The molecule has 0 bridgehead atoms. The molecule has 0 spiro atoms. The third-order valence-corrected chi connectivity index (χ3v) is 4.60.